The van der Waals surface area contributed by atoms with Gasteiger partial charge in [-0.3, -0.25) is 4.90 Å². The maximum atomic E-state index is 4.59. The molecule has 0 bridgehead atoms. The van der Waals surface area contributed by atoms with Gasteiger partial charge in [0.05, 0.1) is 6.54 Å². The third kappa shape index (κ3) is 5.64. The van der Waals surface area contributed by atoms with Crippen LogP contribution in [0, 0.1) is 6.92 Å². The highest BCUT2D eigenvalue weighted by Gasteiger charge is 2.38. The quantitative estimate of drug-likeness (QED) is 0.186. The molecule has 41 heavy (non-hydrogen) atoms. The fourth-order valence-corrected chi connectivity index (χ4v) is 12.0. The van der Waals surface area contributed by atoms with Gasteiger partial charge in [0.15, 0.2) is 0 Å². The van der Waals surface area contributed by atoms with E-state index < -0.39 is 15.8 Å². The van der Waals surface area contributed by atoms with Crippen LogP contribution < -0.4 is 26.1 Å². The molecule has 1 aliphatic rings. The van der Waals surface area contributed by atoms with Crippen LogP contribution in [-0.2, 0) is 0 Å². The van der Waals surface area contributed by atoms with Gasteiger partial charge in [-0.15, -0.1) is 0 Å². The molecule has 1 heterocycles. The first kappa shape index (κ1) is 27.2. The summed E-state index contributed by atoms with van der Waals surface area (Å²) in [5.41, 5.74) is 3.50. The molecule has 0 radical (unpaired) electrons. The molecule has 4 heteroatoms. The summed E-state index contributed by atoms with van der Waals surface area (Å²) in [5.74, 6) is 1.25. The van der Waals surface area contributed by atoms with Crippen LogP contribution in [0.1, 0.15) is 5.56 Å². The van der Waals surface area contributed by atoms with Crippen molar-refractivity contribution < 1.29 is 0 Å². The van der Waals surface area contributed by atoms with E-state index in [0.29, 0.717) is 0 Å². The maximum absolute atomic E-state index is 4.59. The summed E-state index contributed by atoms with van der Waals surface area (Å²) in [5, 5.41) is 6.87. The Morgan fingerprint density at radius 1 is 0.561 bits per heavy atom. The van der Waals surface area contributed by atoms with E-state index in [0.717, 1.165) is 17.9 Å². The topological polar surface area (TPSA) is 6.48 Å². The van der Waals surface area contributed by atoms with Gasteiger partial charge < -0.3 is 4.90 Å². The van der Waals surface area contributed by atoms with Gasteiger partial charge in [0, 0.05) is 23.5 Å². The Kier molecular flexibility index (Phi) is 8.15. The molecule has 5 aromatic carbocycles. The lowest BCUT2D eigenvalue weighted by Crippen LogP contribution is -2.27. The van der Waals surface area contributed by atoms with E-state index in [-0.39, 0.29) is 0 Å². The van der Waals surface area contributed by atoms with E-state index >= 15 is 0 Å². The molecule has 0 spiro atoms. The molecular formula is C37H34N2P2. The van der Waals surface area contributed by atoms with Crippen LogP contribution in [0.25, 0.3) is 0 Å². The van der Waals surface area contributed by atoms with Crippen molar-refractivity contribution in [1.82, 2.24) is 4.90 Å². The van der Waals surface area contributed by atoms with E-state index in [2.05, 4.69) is 176 Å². The highest BCUT2D eigenvalue weighted by Crippen LogP contribution is 2.63. The summed E-state index contributed by atoms with van der Waals surface area (Å²) in [6.07, 6.45) is 0. The average molecular weight is 569 g/mol. The Hall–Kier alpha value is -3.96. The molecule has 6 rings (SSSR count). The van der Waals surface area contributed by atoms with Gasteiger partial charge in [-0.2, -0.15) is 0 Å². The van der Waals surface area contributed by atoms with Crippen LogP contribution in [0.5, 0.6) is 0 Å². The third-order valence-electron chi connectivity index (χ3n) is 7.28. The normalized spacial score (nSPS) is 13.4. The van der Waals surface area contributed by atoms with Crippen molar-refractivity contribution >= 4 is 42.7 Å². The van der Waals surface area contributed by atoms with Crippen LogP contribution in [0.4, 0.5) is 5.69 Å². The monoisotopic (exact) mass is 568 g/mol. The zero-order valence-corrected chi connectivity index (χ0v) is 25.3. The van der Waals surface area contributed by atoms with Crippen molar-refractivity contribution in [2.45, 2.75) is 6.92 Å². The second-order valence-corrected chi connectivity index (χ2v) is 14.9. The van der Waals surface area contributed by atoms with Gasteiger partial charge in [0.1, 0.15) is 5.82 Å². The Morgan fingerprint density at radius 2 is 0.927 bits per heavy atom. The zero-order chi connectivity index (χ0) is 28.2. The largest absolute Gasteiger partial charge is 0.354 e. The minimum Gasteiger partial charge on any atom is -0.354 e. The lowest BCUT2D eigenvalue weighted by atomic mass is 10.2. The first-order chi connectivity index (χ1) is 20.1. The predicted octanol–water partition coefficient (Wildman–Crippen LogP) is 7.65. The molecule has 1 aliphatic heterocycles. The molecule has 0 aromatic heterocycles. The fraction of sp³-hybridized carbons (Fsp3) is 0.0811. The molecule has 202 valence electrons. The molecule has 0 N–H and O–H groups in total. The summed E-state index contributed by atoms with van der Waals surface area (Å²) >= 11 is 0. The number of aryl methyl sites for hydroxylation is 1. The number of likely N-dealkylation sites (N-methyl/N-ethyl adjacent to an activating group) is 1. The van der Waals surface area contributed by atoms with E-state index in [4.69, 9.17) is 0 Å². The third-order valence-corrected chi connectivity index (χ3v) is 13.0. The highest BCUT2D eigenvalue weighted by molar-refractivity contribution is 7.94. The number of anilines is 1. The Morgan fingerprint density at radius 3 is 1.29 bits per heavy atom. The lowest BCUT2D eigenvalue weighted by molar-refractivity contribution is 0.496. The van der Waals surface area contributed by atoms with Gasteiger partial charge in [-0.05, 0) is 56.1 Å². The van der Waals surface area contributed by atoms with Gasteiger partial charge in [0.25, 0.3) is 0 Å². The Bertz CT molecular complexity index is 1470. The van der Waals surface area contributed by atoms with Crippen molar-refractivity contribution in [3.8, 4) is 0 Å². The number of hydrogen-bond acceptors (Lipinski definition) is 2. The second kappa shape index (κ2) is 12.3. The number of benzene rings is 5. The maximum Gasteiger partial charge on any atom is 0.123 e. The SMILES string of the molecule is C=C1CN(C)C(=C(P(c2ccccc2)c2ccccc2)P(c2ccccc2)c2ccccc2)N1c1ccc(C)cc1. The molecule has 0 unspecified atom stereocenters. The van der Waals surface area contributed by atoms with E-state index in [1.54, 1.807) is 0 Å². The van der Waals surface area contributed by atoms with Gasteiger partial charge in [0.2, 0.25) is 0 Å². The Labute approximate surface area is 246 Å². The first-order valence-electron chi connectivity index (χ1n) is 13.9. The smallest absolute Gasteiger partial charge is 0.123 e. The molecule has 0 saturated carbocycles. The van der Waals surface area contributed by atoms with Crippen molar-refractivity contribution in [3.05, 3.63) is 174 Å². The Balaban J connectivity index is 1.73. The summed E-state index contributed by atoms with van der Waals surface area (Å²) in [6.45, 7) is 7.52. The van der Waals surface area contributed by atoms with Crippen molar-refractivity contribution in [2.24, 2.45) is 0 Å². The summed E-state index contributed by atoms with van der Waals surface area (Å²) in [4.78, 5) is 4.83. The predicted molar refractivity (Wildman–Crippen MR) is 181 cm³/mol. The van der Waals surface area contributed by atoms with E-state index in [1.807, 2.05) is 0 Å². The molecule has 0 amide bonds. The number of hydrogen-bond donors (Lipinski definition) is 0. The molecule has 5 aromatic rings. The summed E-state index contributed by atoms with van der Waals surface area (Å²) in [7, 11) is 0.430. The summed E-state index contributed by atoms with van der Waals surface area (Å²) in [6, 6.07) is 53.2. The van der Waals surface area contributed by atoms with Crippen LogP contribution in [0.2, 0.25) is 0 Å². The summed E-state index contributed by atoms with van der Waals surface area (Å²) < 4.78 is 0. The molecule has 1 fully saturated rings. The number of rotatable bonds is 7. The standard InChI is InChI=1S/C37H34N2P2/c1-29-24-26-31(27-25-29)39-30(2)28-38(3)36(39)37(40(32-16-8-4-9-17-32)33-18-10-5-11-19-33)41(34-20-12-6-13-21-34)35-22-14-7-15-23-35/h4-27H,2,28H2,1,3H3. The minimum atomic E-state index is -0.897. The first-order valence-corrected chi connectivity index (χ1v) is 16.6. The molecule has 1 saturated heterocycles. The fourth-order valence-electron chi connectivity index (χ4n) is 5.40. The van der Waals surface area contributed by atoms with Crippen LogP contribution in [-0.4, -0.2) is 18.5 Å². The van der Waals surface area contributed by atoms with Gasteiger partial charge in [-0.25, -0.2) is 0 Å². The van der Waals surface area contributed by atoms with E-state index in [1.165, 1.54) is 37.7 Å². The van der Waals surface area contributed by atoms with Gasteiger partial charge >= 0.3 is 0 Å². The van der Waals surface area contributed by atoms with E-state index in [9.17, 15) is 0 Å². The minimum absolute atomic E-state index is 0.784. The highest BCUT2D eigenvalue weighted by atomic mass is 31.2. The number of nitrogens with zero attached hydrogens (tertiary/aromatic N) is 2. The van der Waals surface area contributed by atoms with Crippen LogP contribution in [0.15, 0.2) is 169 Å². The molecule has 0 aliphatic carbocycles. The van der Waals surface area contributed by atoms with Crippen LogP contribution in [0.3, 0.4) is 0 Å². The van der Waals surface area contributed by atoms with Crippen molar-refractivity contribution in [2.75, 3.05) is 18.5 Å². The average Bonchev–Trinajstić information content (AvgIpc) is 3.32. The second-order valence-electron chi connectivity index (χ2n) is 10.3. The lowest BCUT2D eigenvalue weighted by Gasteiger charge is -2.35. The van der Waals surface area contributed by atoms with Crippen LogP contribution >= 0.6 is 15.8 Å². The molecule has 2 nitrogen and oxygen atoms in total. The molecule has 0 atom stereocenters. The zero-order valence-electron chi connectivity index (χ0n) is 23.6. The van der Waals surface area contributed by atoms with Crippen molar-refractivity contribution in [1.29, 1.82) is 0 Å². The molecular weight excluding hydrogens is 534 g/mol. The van der Waals surface area contributed by atoms with Gasteiger partial charge in [-0.1, -0.05) is 146 Å². The van der Waals surface area contributed by atoms with Crippen molar-refractivity contribution in [3.63, 3.8) is 0 Å².